The van der Waals surface area contributed by atoms with E-state index in [0.717, 1.165) is 16.5 Å². The Kier molecular flexibility index (Phi) is 2.08. The van der Waals surface area contributed by atoms with Crippen LogP contribution in [0.15, 0.2) is 41.3 Å². The van der Waals surface area contributed by atoms with E-state index in [2.05, 4.69) is 16.9 Å². The second-order valence-corrected chi connectivity index (χ2v) is 3.95. The fourth-order valence-corrected chi connectivity index (χ4v) is 1.84. The van der Waals surface area contributed by atoms with Crippen LogP contribution in [0.3, 0.4) is 0 Å². The van der Waals surface area contributed by atoms with Gasteiger partial charge in [-0.15, -0.1) is 0 Å². The highest BCUT2D eigenvalue weighted by Crippen LogP contribution is 2.32. The van der Waals surface area contributed by atoms with E-state index >= 15 is 0 Å². The van der Waals surface area contributed by atoms with Gasteiger partial charge in [0.05, 0.1) is 5.39 Å². The van der Waals surface area contributed by atoms with Crippen molar-refractivity contribution in [3.63, 3.8) is 0 Å². The van der Waals surface area contributed by atoms with Crippen LogP contribution in [0.1, 0.15) is 5.56 Å². The summed E-state index contributed by atoms with van der Waals surface area (Å²) in [6.07, 6.45) is 3.07. The zero-order valence-electron chi connectivity index (χ0n) is 9.34. The van der Waals surface area contributed by atoms with E-state index in [-0.39, 0.29) is 0 Å². The Hall–Kier alpha value is -2.36. The van der Waals surface area contributed by atoms with Crippen LogP contribution in [-0.4, -0.2) is 9.97 Å². The van der Waals surface area contributed by atoms with Crippen molar-refractivity contribution in [3.05, 3.63) is 42.4 Å². The summed E-state index contributed by atoms with van der Waals surface area (Å²) < 4.78 is 5.38. The quantitative estimate of drug-likeness (QED) is 0.691. The van der Waals surface area contributed by atoms with Crippen LogP contribution in [0.25, 0.3) is 22.2 Å². The van der Waals surface area contributed by atoms with Crippen LogP contribution < -0.4 is 5.73 Å². The average molecular weight is 225 g/mol. The SMILES string of the molecule is Cc1ccc(-c2coc3ncnc(N)c23)cc1. The normalized spacial score (nSPS) is 10.9. The fraction of sp³-hybridized carbons (Fsp3) is 0.0769. The van der Waals surface area contributed by atoms with Gasteiger partial charge in [-0.1, -0.05) is 29.8 Å². The molecule has 3 rings (SSSR count). The number of furan rings is 1. The van der Waals surface area contributed by atoms with Gasteiger partial charge in [-0.05, 0) is 12.5 Å². The molecule has 17 heavy (non-hydrogen) atoms. The van der Waals surface area contributed by atoms with Crippen LogP contribution in [0, 0.1) is 6.92 Å². The third-order valence-corrected chi connectivity index (χ3v) is 2.76. The Labute approximate surface area is 98.1 Å². The highest BCUT2D eigenvalue weighted by molar-refractivity contribution is 5.98. The number of anilines is 1. The number of aromatic nitrogens is 2. The summed E-state index contributed by atoms with van der Waals surface area (Å²) in [5.41, 5.74) is 9.57. The molecule has 0 aliphatic rings. The summed E-state index contributed by atoms with van der Waals surface area (Å²) in [4.78, 5) is 8.04. The first-order valence-electron chi connectivity index (χ1n) is 5.30. The molecule has 0 aliphatic heterocycles. The van der Waals surface area contributed by atoms with Gasteiger partial charge in [-0.3, -0.25) is 0 Å². The zero-order valence-corrected chi connectivity index (χ0v) is 9.34. The summed E-state index contributed by atoms with van der Waals surface area (Å²) in [6.45, 7) is 2.05. The van der Waals surface area contributed by atoms with Crippen molar-refractivity contribution < 1.29 is 4.42 Å². The predicted molar refractivity (Wildman–Crippen MR) is 66.4 cm³/mol. The molecule has 84 valence electrons. The number of nitrogen functional groups attached to an aromatic ring is 1. The Bertz CT molecular complexity index is 671. The molecule has 0 unspecified atom stereocenters. The van der Waals surface area contributed by atoms with E-state index in [1.54, 1.807) is 6.26 Å². The van der Waals surface area contributed by atoms with E-state index in [0.29, 0.717) is 11.5 Å². The monoisotopic (exact) mass is 225 g/mol. The summed E-state index contributed by atoms with van der Waals surface area (Å²) in [5, 5.41) is 0.774. The maximum atomic E-state index is 5.86. The van der Waals surface area contributed by atoms with Gasteiger partial charge in [0.1, 0.15) is 18.4 Å². The lowest BCUT2D eigenvalue weighted by molar-refractivity contribution is 0.603. The number of hydrogen-bond donors (Lipinski definition) is 1. The summed E-state index contributed by atoms with van der Waals surface area (Å²) in [6, 6.07) is 8.17. The molecule has 0 atom stereocenters. The van der Waals surface area contributed by atoms with Crippen LogP contribution >= 0.6 is 0 Å². The Morgan fingerprint density at radius 2 is 1.88 bits per heavy atom. The van der Waals surface area contributed by atoms with Gasteiger partial charge in [0.15, 0.2) is 0 Å². The highest BCUT2D eigenvalue weighted by atomic mass is 16.3. The molecule has 0 bridgehead atoms. The molecule has 0 saturated heterocycles. The molecule has 4 nitrogen and oxygen atoms in total. The number of nitrogens with two attached hydrogens (primary N) is 1. The molecule has 2 aromatic heterocycles. The largest absolute Gasteiger partial charge is 0.445 e. The molecule has 3 aromatic rings. The number of nitrogens with zero attached hydrogens (tertiary/aromatic N) is 2. The Balaban J connectivity index is 2.27. The molecule has 1 aromatic carbocycles. The van der Waals surface area contributed by atoms with Gasteiger partial charge >= 0.3 is 0 Å². The van der Waals surface area contributed by atoms with Crippen LogP contribution in [0.5, 0.6) is 0 Å². The molecular formula is C13H11N3O. The molecule has 0 fully saturated rings. The third-order valence-electron chi connectivity index (χ3n) is 2.76. The number of rotatable bonds is 1. The van der Waals surface area contributed by atoms with Gasteiger partial charge in [0.25, 0.3) is 0 Å². The van der Waals surface area contributed by atoms with Gasteiger partial charge in [-0.2, -0.15) is 0 Å². The van der Waals surface area contributed by atoms with E-state index in [1.807, 2.05) is 24.3 Å². The van der Waals surface area contributed by atoms with E-state index < -0.39 is 0 Å². The topological polar surface area (TPSA) is 64.9 Å². The molecule has 0 radical (unpaired) electrons. The summed E-state index contributed by atoms with van der Waals surface area (Å²) in [7, 11) is 0. The van der Waals surface area contributed by atoms with Crippen molar-refractivity contribution in [2.24, 2.45) is 0 Å². The first kappa shape index (κ1) is 9.84. The molecule has 0 spiro atoms. The lowest BCUT2D eigenvalue weighted by atomic mass is 10.0. The number of benzene rings is 1. The van der Waals surface area contributed by atoms with Crippen molar-refractivity contribution in [3.8, 4) is 11.1 Å². The van der Waals surface area contributed by atoms with Crippen molar-refractivity contribution >= 4 is 16.9 Å². The van der Waals surface area contributed by atoms with Gasteiger partial charge in [-0.25, -0.2) is 9.97 Å². The number of aryl methyl sites for hydroxylation is 1. The van der Waals surface area contributed by atoms with Crippen LogP contribution in [0.4, 0.5) is 5.82 Å². The van der Waals surface area contributed by atoms with Crippen molar-refractivity contribution in [1.29, 1.82) is 0 Å². The van der Waals surface area contributed by atoms with Crippen molar-refractivity contribution in [2.45, 2.75) is 6.92 Å². The molecule has 0 aliphatic carbocycles. The summed E-state index contributed by atoms with van der Waals surface area (Å²) in [5.74, 6) is 0.444. The third kappa shape index (κ3) is 1.54. The maximum absolute atomic E-state index is 5.86. The van der Waals surface area contributed by atoms with E-state index in [4.69, 9.17) is 10.2 Å². The first-order valence-corrected chi connectivity index (χ1v) is 5.30. The smallest absolute Gasteiger partial charge is 0.231 e. The molecule has 0 amide bonds. The van der Waals surface area contributed by atoms with Crippen molar-refractivity contribution in [1.82, 2.24) is 9.97 Å². The standard InChI is InChI=1S/C13H11N3O/c1-8-2-4-9(5-3-8)10-6-17-13-11(10)12(14)15-7-16-13/h2-7H,1H3,(H2,14,15,16). The predicted octanol–water partition coefficient (Wildman–Crippen LogP) is 2.78. The highest BCUT2D eigenvalue weighted by Gasteiger charge is 2.12. The fourth-order valence-electron chi connectivity index (χ4n) is 1.84. The van der Waals surface area contributed by atoms with E-state index in [9.17, 15) is 0 Å². The van der Waals surface area contributed by atoms with Crippen LogP contribution in [-0.2, 0) is 0 Å². The molecule has 4 heteroatoms. The first-order chi connectivity index (χ1) is 8.25. The van der Waals surface area contributed by atoms with Gasteiger partial charge in [0, 0.05) is 5.56 Å². The molecule has 0 saturated carbocycles. The number of hydrogen-bond acceptors (Lipinski definition) is 4. The van der Waals surface area contributed by atoms with Gasteiger partial charge < -0.3 is 10.2 Å². The minimum absolute atomic E-state index is 0.444. The Morgan fingerprint density at radius 1 is 1.12 bits per heavy atom. The second-order valence-electron chi connectivity index (χ2n) is 3.95. The van der Waals surface area contributed by atoms with Crippen molar-refractivity contribution in [2.75, 3.05) is 5.73 Å². The maximum Gasteiger partial charge on any atom is 0.231 e. The zero-order chi connectivity index (χ0) is 11.8. The average Bonchev–Trinajstić information content (AvgIpc) is 2.75. The number of fused-ring (bicyclic) bond motifs is 1. The van der Waals surface area contributed by atoms with Gasteiger partial charge in [0.2, 0.25) is 5.71 Å². The minimum Gasteiger partial charge on any atom is -0.445 e. The lowest BCUT2D eigenvalue weighted by Crippen LogP contribution is -1.92. The lowest BCUT2D eigenvalue weighted by Gasteiger charge is -2.00. The summed E-state index contributed by atoms with van der Waals surface area (Å²) >= 11 is 0. The molecular weight excluding hydrogens is 214 g/mol. The van der Waals surface area contributed by atoms with Crippen LogP contribution in [0.2, 0.25) is 0 Å². The molecule has 2 N–H and O–H groups in total. The Morgan fingerprint density at radius 3 is 2.65 bits per heavy atom. The minimum atomic E-state index is 0.444. The second kappa shape index (κ2) is 3.59. The van der Waals surface area contributed by atoms with E-state index in [1.165, 1.54) is 11.9 Å². The molecule has 2 heterocycles.